The molecule has 1 atom stereocenters. The normalized spacial score (nSPS) is 17.3. The van der Waals surface area contributed by atoms with Gasteiger partial charge < -0.3 is 30.3 Å². The van der Waals surface area contributed by atoms with Gasteiger partial charge in [-0.2, -0.15) is 4.98 Å². The van der Waals surface area contributed by atoms with Crippen molar-refractivity contribution in [3.63, 3.8) is 0 Å². The zero-order valence-corrected chi connectivity index (χ0v) is 22.6. The van der Waals surface area contributed by atoms with Gasteiger partial charge in [-0.05, 0) is 42.9 Å². The van der Waals surface area contributed by atoms with Crippen LogP contribution in [0.4, 0.5) is 23.0 Å². The van der Waals surface area contributed by atoms with Crippen LogP contribution in [0.2, 0.25) is 10.0 Å². The zero-order chi connectivity index (χ0) is 26.6. The number of hydrogen-bond acceptors (Lipinski definition) is 9. The molecule has 1 unspecified atom stereocenters. The molecular formula is C26H29Cl2N7O3. The van der Waals surface area contributed by atoms with Gasteiger partial charge in [0.25, 0.3) is 5.91 Å². The minimum atomic E-state index is -0.337. The van der Waals surface area contributed by atoms with Gasteiger partial charge >= 0.3 is 0 Å². The molecule has 1 aromatic heterocycles. The fourth-order valence-electron chi connectivity index (χ4n) is 4.72. The van der Waals surface area contributed by atoms with Crippen molar-refractivity contribution < 1.29 is 14.3 Å². The number of aromatic nitrogens is 2. The van der Waals surface area contributed by atoms with Crippen molar-refractivity contribution in [2.24, 2.45) is 0 Å². The van der Waals surface area contributed by atoms with Crippen molar-refractivity contribution in [1.29, 1.82) is 0 Å². The van der Waals surface area contributed by atoms with Crippen LogP contribution in [-0.4, -0.2) is 69.0 Å². The predicted octanol–water partition coefficient (Wildman–Crippen LogP) is 3.67. The Morgan fingerprint density at radius 1 is 1.24 bits per heavy atom. The number of carbonyl (C=O) groups excluding carboxylic acids is 1. The second-order valence-electron chi connectivity index (χ2n) is 9.04. The first-order valence-electron chi connectivity index (χ1n) is 12.3. The summed E-state index contributed by atoms with van der Waals surface area (Å²) in [7, 11) is 3.65. The molecule has 0 saturated carbocycles. The molecule has 3 N–H and O–H groups in total. The number of nitrogens with zero attached hydrogens (tertiary/aromatic N) is 4. The summed E-state index contributed by atoms with van der Waals surface area (Å²) in [6, 6.07) is 11.5. The van der Waals surface area contributed by atoms with E-state index in [9.17, 15) is 4.79 Å². The standard InChI is InChI=1S/C26H29Cl2N7O3/c1-29-11-16-10-17(6-7-22(16)34-9-8-30-18(13-34)14-37-2)32-26-31-12-19-24(33-26)38-15-35(25(19)36)23-20(27)4-3-5-21(23)28/h3-7,10,12,18,29-30H,8-9,11,13-15H2,1-2H3,(H,31,32,33). The first kappa shape index (κ1) is 26.5. The highest BCUT2D eigenvalue weighted by Gasteiger charge is 2.31. The predicted molar refractivity (Wildman–Crippen MR) is 149 cm³/mol. The third-order valence-corrected chi connectivity index (χ3v) is 7.04. The summed E-state index contributed by atoms with van der Waals surface area (Å²) in [5, 5.41) is 10.7. The molecule has 10 nitrogen and oxygen atoms in total. The number of rotatable bonds is 8. The quantitative estimate of drug-likeness (QED) is 0.382. The molecule has 200 valence electrons. The maximum absolute atomic E-state index is 13.2. The Bertz CT molecular complexity index is 1300. The molecule has 1 amide bonds. The van der Waals surface area contributed by atoms with E-state index >= 15 is 0 Å². The number of amides is 1. The molecule has 38 heavy (non-hydrogen) atoms. The maximum atomic E-state index is 13.2. The molecule has 2 aliphatic rings. The van der Waals surface area contributed by atoms with E-state index in [-0.39, 0.29) is 30.1 Å². The third kappa shape index (κ3) is 5.50. The maximum Gasteiger partial charge on any atom is 0.268 e. The van der Waals surface area contributed by atoms with Gasteiger partial charge in [-0.15, -0.1) is 0 Å². The molecule has 0 aliphatic carbocycles. The highest BCUT2D eigenvalue weighted by Crippen LogP contribution is 2.37. The van der Waals surface area contributed by atoms with Crippen molar-refractivity contribution in [1.82, 2.24) is 20.6 Å². The Morgan fingerprint density at radius 2 is 2.05 bits per heavy atom. The van der Waals surface area contributed by atoms with Crippen molar-refractivity contribution in [3.05, 3.63) is 63.8 Å². The number of halogens is 2. The van der Waals surface area contributed by atoms with Crippen LogP contribution in [0.15, 0.2) is 42.6 Å². The van der Waals surface area contributed by atoms with Crippen LogP contribution in [0.1, 0.15) is 15.9 Å². The van der Waals surface area contributed by atoms with Crippen LogP contribution in [-0.2, 0) is 11.3 Å². The lowest BCUT2D eigenvalue weighted by atomic mass is 10.1. The molecule has 0 radical (unpaired) electrons. The average Bonchev–Trinajstić information content (AvgIpc) is 2.90. The van der Waals surface area contributed by atoms with Crippen molar-refractivity contribution in [2.75, 3.05) is 62.2 Å². The summed E-state index contributed by atoms with van der Waals surface area (Å²) in [5.41, 5.74) is 3.77. The number of carbonyl (C=O) groups is 1. The number of anilines is 4. The van der Waals surface area contributed by atoms with Crippen molar-refractivity contribution in [3.8, 4) is 5.88 Å². The fraction of sp³-hybridized carbons (Fsp3) is 0.346. The van der Waals surface area contributed by atoms with Crippen LogP contribution >= 0.6 is 23.2 Å². The number of piperazine rings is 1. The second kappa shape index (κ2) is 11.7. The molecule has 1 fully saturated rings. The van der Waals surface area contributed by atoms with Crippen molar-refractivity contribution in [2.45, 2.75) is 12.6 Å². The van der Waals surface area contributed by atoms with Gasteiger partial charge in [0.1, 0.15) is 5.56 Å². The molecule has 0 bridgehead atoms. The summed E-state index contributed by atoms with van der Waals surface area (Å²) >= 11 is 12.6. The first-order valence-corrected chi connectivity index (χ1v) is 13.0. The summed E-state index contributed by atoms with van der Waals surface area (Å²) < 4.78 is 11.1. The molecule has 12 heteroatoms. The van der Waals surface area contributed by atoms with E-state index in [0.29, 0.717) is 34.8 Å². The molecule has 3 heterocycles. The Kier molecular flexibility index (Phi) is 8.15. The van der Waals surface area contributed by atoms with Gasteiger partial charge in [0, 0.05) is 56.9 Å². The highest BCUT2D eigenvalue weighted by atomic mass is 35.5. The van der Waals surface area contributed by atoms with E-state index in [0.717, 1.165) is 30.9 Å². The van der Waals surface area contributed by atoms with Gasteiger partial charge in [-0.25, -0.2) is 4.98 Å². The molecule has 5 rings (SSSR count). The number of hydrogen-bond donors (Lipinski definition) is 3. The van der Waals surface area contributed by atoms with Crippen LogP contribution < -0.4 is 30.5 Å². The third-order valence-electron chi connectivity index (χ3n) is 6.43. The number of benzene rings is 2. The molecule has 3 aromatic rings. The lowest BCUT2D eigenvalue weighted by molar-refractivity contribution is 0.0932. The number of para-hydroxylation sites is 1. The van der Waals surface area contributed by atoms with Gasteiger partial charge in [0.2, 0.25) is 11.8 Å². The summed E-state index contributed by atoms with van der Waals surface area (Å²) in [6.45, 7) is 3.98. The molecular weight excluding hydrogens is 529 g/mol. The van der Waals surface area contributed by atoms with Gasteiger partial charge in [-0.3, -0.25) is 9.69 Å². The monoisotopic (exact) mass is 557 g/mol. The number of ether oxygens (including phenoxy) is 2. The van der Waals surface area contributed by atoms with Crippen LogP contribution in [0.25, 0.3) is 0 Å². The SMILES string of the molecule is CNCc1cc(Nc2ncc3c(n2)OCN(c2c(Cl)cccc2Cl)C3=O)ccc1N1CCNC(COC)C1. The van der Waals surface area contributed by atoms with Crippen LogP contribution in [0, 0.1) is 0 Å². The fourth-order valence-corrected chi connectivity index (χ4v) is 5.32. The molecule has 0 spiro atoms. The van der Waals surface area contributed by atoms with Crippen LogP contribution in [0.5, 0.6) is 5.88 Å². The lowest BCUT2D eigenvalue weighted by Gasteiger charge is -2.36. The van der Waals surface area contributed by atoms with E-state index in [1.165, 1.54) is 16.8 Å². The Balaban J connectivity index is 1.34. The van der Waals surface area contributed by atoms with Gasteiger partial charge in [0.15, 0.2) is 6.73 Å². The Hall–Kier alpha value is -3.15. The first-order chi connectivity index (χ1) is 18.5. The Labute approximate surface area is 231 Å². The van der Waals surface area contributed by atoms with Gasteiger partial charge in [-0.1, -0.05) is 29.3 Å². The number of fused-ring (bicyclic) bond motifs is 1. The summed E-state index contributed by atoms with van der Waals surface area (Å²) in [5.74, 6) is 0.187. The van der Waals surface area contributed by atoms with E-state index in [2.05, 4.69) is 43.0 Å². The minimum absolute atomic E-state index is 0.0679. The molecule has 2 aliphatic heterocycles. The smallest absolute Gasteiger partial charge is 0.268 e. The van der Waals surface area contributed by atoms with Crippen LogP contribution in [0.3, 0.4) is 0 Å². The number of methoxy groups -OCH3 is 1. The van der Waals surface area contributed by atoms with E-state index in [4.69, 9.17) is 32.7 Å². The lowest BCUT2D eigenvalue weighted by Crippen LogP contribution is -2.52. The van der Waals surface area contributed by atoms with E-state index in [1.54, 1.807) is 25.3 Å². The average molecular weight is 558 g/mol. The summed E-state index contributed by atoms with van der Waals surface area (Å²) in [6.07, 6.45) is 1.45. The zero-order valence-electron chi connectivity index (χ0n) is 21.1. The van der Waals surface area contributed by atoms with E-state index < -0.39 is 0 Å². The minimum Gasteiger partial charge on any atom is -0.455 e. The Morgan fingerprint density at radius 3 is 2.82 bits per heavy atom. The molecule has 1 saturated heterocycles. The molecule has 2 aromatic carbocycles. The van der Waals surface area contributed by atoms with Crippen molar-refractivity contribution >= 4 is 52.1 Å². The second-order valence-corrected chi connectivity index (χ2v) is 9.85. The van der Waals surface area contributed by atoms with Gasteiger partial charge in [0.05, 0.1) is 22.3 Å². The highest BCUT2D eigenvalue weighted by molar-refractivity contribution is 6.40. The number of nitrogens with one attached hydrogen (secondary N) is 3. The largest absolute Gasteiger partial charge is 0.455 e. The summed E-state index contributed by atoms with van der Waals surface area (Å²) in [4.78, 5) is 25.7. The van der Waals surface area contributed by atoms with E-state index in [1.807, 2.05) is 13.1 Å². The topological polar surface area (TPSA) is 104 Å².